The van der Waals surface area contributed by atoms with Gasteiger partial charge in [0.15, 0.2) is 5.78 Å². The zero-order chi connectivity index (χ0) is 21.8. The Labute approximate surface area is 179 Å². The van der Waals surface area contributed by atoms with E-state index in [1.54, 1.807) is 42.5 Å². The highest BCUT2D eigenvalue weighted by Crippen LogP contribution is 2.24. The molecule has 2 rings (SSSR count). The average Bonchev–Trinajstić information content (AvgIpc) is 2.79. The normalized spacial score (nSPS) is 10.5. The summed E-state index contributed by atoms with van der Waals surface area (Å²) in [5, 5.41) is 0. The highest BCUT2D eigenvalue weighted by molar-refractivity contribution is 6.10. The number of esters is 1. The van der Waals surface area contributed by atoms with Gasteiger partial charge in [0, 0.05) is 11.1 Å². The molecule has 0 fully saturated rings. The van der Waals surface area contributed by atoms with Crippen LogP contribution in [0.3, 0.4) is 0 Å². The summed E-state index contributed by atoms with van der Waals surface area (Å²) in [5.74, 6) is 0.486. The average molecular weight is 413 g/mol. The standard InChI is InChI=1S/C25H32O5/c1-4-6-8-16-29-21-13-10-19(11-14-21)24(26)20-12-15-23(30-17-9-7-5-2)22(18-20)25(27)28-3/h10-15,18H,4-9,16-17H2,1-3H3. The van der Waals surface area contributed by atoms with E-state index >= 15 is 0 Å². The van der Waals surface area contributed by atoms with Crippen molar-refractivity contribution in [2.24, 2.45) is 0 Å². The molecule has 30 heavy (non-hydrogen) atoms. The Hall–Kier alpha value is -2.82. The molecule has 0 spiro atoms. The fraction of sp³-hybridized carbons (Fsp3) is 0.440. The van der Waals surface area contributed by atoms with Crippen LogP contribution in [0.25, 0.3) is 0 Å². The molecule has 0 aliphatic carbocycles. The van der Waals surface area contributed by atoms with Crippen molar-refractivity contribution in [1.29, 1.82) is 0 Å². The third-order valence-corrected chi connectivity index (χ3v) is 4.79. The van der Waals surface area contributed by atoms with Gasteiger partial charge in [-0.3, -0.25) is 4.79 Å². The Morgan fingerprint density at radius 1 is 0.767 bits per heavy atom. The molecule has 0 aromatic heterocycles. The Bertz CT molecular complexity index is 811. The summed E-state index contributed by atoms with van der Waals surface area (Å²) in [6, 6.07) is 12.0. The molecule has 0 radical (unpaired) electrons. The van der Waals surface area contributed by atoms with Crippen molar-refractivity contribution in [1.82, 2.24) is 0 Å². The van der Waals surface area contributed by atoms with E-state index in [1.807, 2.05) is 0 Å². The van der Waals surface area contributed by atoms with Crippen molar-refractivity contribution < 1.29 is 23.8 Å². The molecule has 2 aromatic rings. The Balaban J connectivity index is 2.11. The van der Waals surface area contributed by atoms with E-state index in [-0.39, 0.29) is 11.3 Å². The number of ether oxygens (including phenoxy) is 3. The van der Waals surface area contributed by atoms with Gasteiger partial charge in [-0.25, -0.2) is 4.79 Å². The lowest BCUT2D eigenvalue weighted by Crippen LogP contribution is -2.10. The number of carbonyl (C=O) groups is 2. The quantitative estimate of drug-likeness (QED) is 0.235. The number of ketones is 1. The molecule has 0 bridgehead atoms. The van der Waals surface area contributed by atoms with Crippen LogP contribution in [0.2, 0.25) is 0 Å². The maximum absolute atomic E-state index is 12.9. The first-order valence-electron chi connectivity index (χ1n) is 10.7. The lowest BCUT2D eigenvalue weighted by molar-refractivity contribution is 0.0596. The molecule has 0 saturated carbocycles. The number of hydrogen-bond donors (Lipinski definition) is 0. The first-order valence-corrected chi connectivity index (χ1v) is 10.7. The van der Waals surface area contributed by atoms with Gasteiger partial charge in [-0.1, -0.05) is 39.5 Å². The van der Waals surface area contributed by atoms with Crippen LogP contribution < -0.4 is 9.47 Å². The highest BCUT2D eigenvalue weighted by Gasteiger charge is 2.18. The minimum absolute atomic E-state index is 0.171. The van der Waals surface area contributed by atoms with Gasteiger partial charge < -0.3 is 14.2 Å². The molecule has 0 unspecified atom stereocenters. The summed E-state index contributed by atoms with van der Waals surface area (Å²) in [6.07, 6.45) is 6.35. The summed E-state index contributed by atoms with van der Waals surface area (Å²) < 4.78 is 16.3. The number of unbranched alkanes of at least 4 members (excludes halogenated alkanes) is 4. The summed E-state index contributed by atoms with van der Waals surface area (Å²) in [6.45, 7) is 5.46. The zero-order valence-electron chi connectivity index (χ0n) is 18.2. The van der Waals surface area contributed by atoms with Crippen molar-refractivity contribution >= 4 is 11.8 Å². The summed E-state index contributed by atoms with van der Waals surface area (Å²) in [5.41, 5.74) is 1.20. The molecule has 0 saturated heterocycles. The van der Waals surface area contributed by atoms with Crippen molar-refractivity contribution in [2.45, 2.75) is 52.4 Å². The van der Waals surface area contributed by atoms with E-state index in [4.69, 9.17) is 14.2 Å². The largest absolute Gasteiger partial charge is 0.494 e. The SMILES string of the molecule is CCCCCOc1ccc(C(=O)c2ccc(OCCCCC)c(C(=O)OC)c2)cc1. The molecule has 0 aliphatic rings. The lowest BCUT2D eigenvalue weighted by atomic mass is 10.0. The van der Waals surface area contributed by atoms with Crippen molar-refractivity contribution in [2.75, 3.05) is 20.3 Å². The second kappa shape index (κ2) is 12.7. The topological polar surface area (TPSA) is 61.8 Å². The monoisotopic (exact) mass is 412 g/mol. The van der Waals surface area contributed by atoms with Crippen molar-refractivity contribution in [3.8, 4) is 11.5 Å². The van der Waals surface area contributed by atoms with Crippen LogP contribution >= 0.6 is 0 Å². The zero-order valence-corrected chi connectivity index (χ0v) is 18.2. The van der Waals surface area contributed by atoms with E-state index in [0.29, 0.717) is 30.1 Å². The molecule has 0 amide bonds. The Kier molecular flexibility index (Phi) is 9.92. The Morgan fingerprint density at radius 2 is 1.37 bits per heavy atom. The summed E-state index contributed by atoms with van der Waals surface area (Å²) >= 11 is 0. The van der Waals surface area contributed by atoms with Crippen LogP contribution in [0.5, 0.6) is 11.5 Å². The van der Waals surface area contributed by atoms with Crippen LogP contribution in [-0.4, -0.2) is 32.1 Å². The lowest BCUT2D eigenvalue weighted by Gasteiger charge is -2.12. The minimum Gasteiger partial charge on any atom is -0.494 e. The van der Waals surface area contributed by atoms with Crippen LogP contribution in [-0.2, 0) is 4.74 Å². The summed E-state index contributed by atoms with van der Waals surface area (Å²) in [4.78, 5) is 25.1. The maximum Gasteiger partial charge on any atom is 0.341 e. The number of methoxy groups -OCH3 is 1. The fourth-order valence-electron chi connectivity index (χ4n) is 3.01. The summed E-state index contributed by atoms with van der Waals surface area (Å²) in [7, 11) is 1.32. The van der Waals surface area contributed by atoms with E-state index in [1.165, 1.54) is 7.11 Å². The second-order valence-corrected chi connectivity index (χ2v) is 7.17. The van der Waals surface area contributed by atoms with Gasteiger partial charge in [-0.2, -0.15) is 0 Å². The molecule has 5 heteroatoms. The predicted molar refractivity (Wildman–Crippen MR) is 118 cm³/mol. The van der Waals surface area contributed by atoms with Gasteiger partial charge in [-0.05, 0) is 55.3 Å². The third-order valence-electron chi connectivity index (χ3n) is 4.79. The van der Waals surface area contributed by atoms with E-state index in [0.717, 1.165) is 44.3 Å². The van der Waals surface area contributed by atoms with E-state index in [2.05, 4.69) is 13.8 Å². The fourth-order valence-corrected chi connectivity index (χ4v) is 3.01. The molecule has 2 aromatic carbocycles. The molecule has 162 valence electrons. The van der Waals surface area contributed by atoms with E-state index < -0.39 is 5.97 Å². The first-order chi connectivity index (χ1) is 14.6. The van der Waals surface area contributed by atoms with Gasteiger partial charge in [0.1, 0.15) is 17.1 Å². The maximum atomic E-state index is 12.9. The molecule has 5 nitrogen and oxygen atoms in total. The van der Waals surface area contributed by atoms with Crippen LogP contribution in [0, 0.1) is 0 Å². The molecular weight excluding hydrogens is 380 g/mol. The van der Waals surface area contributed by atoms with Crippen LogP contribution in [0.1, 0.15) is 78.7 Å². The van der Waals surface area contributed by atoms with Crippen LogP contribution in [0.4, 0.5) is 0 Å². The van der Waals surface area contributed by atoms with Crippen molar-refractivity contribution in [3.63, 3.8) is 0 Å². The molecule has 0 heterocycles. The van der Waals surface area contributed by atoms with Gasteiger partial charge in [-0.15, -0.1) is 0 Å². The molecular formula is C25H32O5. The van der Waals surface area contributed by atoms with E-state index in [9.17, 15) is 9.59 Å². The number of carbonyl (C=O) groups excluding carboxylic acids is 2. The molecule has 0 atom stereocenters. The van der Waals surface area contributed by atoms with Gasteiger partial charge in [0.2, 0.25) is 0 Å². The van der Waals surface area contributed by atoms with Crippen LogP contribution in [0.15, 0.2) is 42.5 Å². The second-order valence-electron chi connectivity index (χ2n) is 7.17. The Morgan fingerprint density at radius 3 is 1.97 bits per heavy atom. The van der Waals surface area contributed by atoms with Gasteiger partial charge in [0.25, 0.3) is 0 Å². The highest BCUT2D eigenvalue weighted by atomic mass is 16.5. The first kappa shape index (κ1) is 23.5. The van der Waals surface area contributed by atoms with Gasteiger partial charge in [0.05, 0.1) is 20.3 Å². The molecule has 0 N–H and O–H groups in total. The number of benzene rings is 2. The van der Waals surface area contributed by atoms with Gasteiger partial charge >= 0.3 is 5.97 Å². The third kappa shape index (κ3) is 6.90. The molecule has 0 aliphatic heterocycles. The smallest absolute Gasteiger partial charge is 0.341 e. The predicted octanol–water partition coefficient (Wildman–Crippen LogP) is 5.84. The number of rotatable bonds is 13. The number of hydrogen-bond acceptors (Lipinski definition) is 5. The van der Waals surface area contributed by atoms with Crippen molar-refractivity contribution in [3.05, 3.63) is 59.2 Å². The minimum atomic E-state index is -0.522.